The number of carbonyl (C=O) groups is 2. The molecule has 2 rings (SSSR count). The van der Waals surface area contributed by atoms with Gasteiger partial charge in [-0.1, -0.05) is 15.9 Å². The quantitative estimate of drug-likeness (QED) is 0.824. The van der Waals surface area contributed by atoms with Crippen LogP contribution in [-0.2, 0) is 0 Å². The predicted molar refractivity (Wildman–Crippen MR) is 89.9 cm³/mol. The van der Waals surface area contributed by atoms with Gasteiger partial charge in [-0.15, -0.1) is 0 Å². The van der Waals surface area contributed by atoms with E-state index in [9.17, 15) is 9.59 Å². The molecule has 0 aliphatic carbocycles. The molecule has 0 saturated carbocycles. The highest BCUT2D eigenvalue weighted by molar-refractivity contribution is 9.10. The van der Waals surface area contributed by atoms with Crippen molar-refractivity contribution in [1.82, 2.24) is 14.7 Å². The molecule has 3 amide bonds. The van der Waals surface area contributed by atoms with Crippen molar-refractivity contribution in [3.8, 4) is 0 Å². The molecule has 5 nitrogen and oxygen atoms in total. The van der Waals surface area contributed by atoms with Crippen LogP contribution in [-0.4, -0.2) is 65.9 Å². The van der Waals surface area contributed by atoms with Crippen molar-refractivity contribution >= 4 is 27.9 Å². The Morgan fingerprint density at radius 2 is 1.50 bits per heavy atom. The van der Waals surface area contributed by atoms with E-state index in [0.717, 1.165) is 4.47 Å². The monoisotopic (exact) mass is 367 g/mol. The molecule has 1 aromatic rings. The Labute approximate surface area is 140 Å². The normalized spacial score (nSPS) is 14.9. The van der Waals surface area contributed by atoms with E-state index >= 15 is 0 Å². The smallest absolute Gasteiger partial charge is 0.320 e. The molecule has 120 valence electrons. The van der Waals surface area contributed by atoms with Crippen LogP contribution in [0, 0.1) is 0 Å². The molecule has 22 heavy (non-hydrogen) atoms. The zero-order chi connectivity index (χ0) is 16.1. The Bertz CT molecular complexity index is 521. The van der Waals surface area contributed by atoms with Crippen molar-refractivity contribution in [2.45, 2.75) is 13.8 Å². The number of urea groups is 1. The van der Waals surface area contributed by atoms with Gasteiger partial charge in [-0.25, -0.2) is 4.79 Å². The first kappa shape index (κ1) is 16.8. The van der Waals surface area contributed by atoms with Gasteiger partial charge in [-0.2, -0.15) is 0 Å². The molecule has 0 bridgehead atoms. The largest absolute Gasteiger partial charge is 0.335 e. The number of carbonyl (C=O) groups excluding carboxylic acids is 2. The molecule has 1 saturated heterocycles. The van der Waals surface area contributed by atoms with Crippen molar-refractivity contribution in [1.29, 1.82) is 0 Å². The fraction of sp³-hybridized carbons (Fsp3) is 0.500. The van der Waals surface area contributed by atoms with Gasteiger partial charge >= 0.3 is 6.03 Å². The second-order valence-electron chi connectivity index (χ2n) is 5.24. The number of benzene rings is 1. The number of amides is 3. The molecule has 6 heteroatoms. The van der Waals surface area contributed by atoms with Gasteiger partial charge in [0, 0.05) is 49.3 Å². The lowest BCUT2D eigenvalue weighted by Gasteiger charge is -2.37. The third kappa shape index (κ3) is 3.80. The van der Waals surface area contributed by atoms with E-state index in [1.54, 1.807) is 0 Å². The van der Waals surface area contributed by atoms with Gasteiger partial charge in [0.05, 0.1) is 0 Å². The highest BCUT2D eigenvalue weighted by Crippen LogP contribution is 2.14. The molecule has 0 N–H and O–H groups in total. The van der Waals surface area contributed by atoms with Gasteiger partial charge in [0.15, 0.2) is 0 Å². The van der Waals surface area contributed by atoms with Gasteiger partial charge < -0.3 is 14.7 Å². The molecule has 0 aromatic heterocycles. The number of rotatable bonds is 3. The van der Waals surface area contributed by atoms with Crippen molar-refractivity contribution in [2.24, 2.45) is 0 Å². The first-order valence-corrected chi connectivity index (χ1v) is 8.44. The van der Waals surface area contributed by atoms with Crippen LogP contribution < -0.4 is 0 Å². The summed E-state index contributed by atoms with van der Waals surface area (Å²) in [6.45, 7) is 7.75. The summed E-state index contributed by atoms with van der Waals surface area (Å²) in [7, 11) is 0. The van der Waals surface area contributed by atoms with Crippen LogP contribution in [0.3, 0.4) is 0 Å². The second kappa shape index (κ2) is 7.63. The van der Waals surface area contributed by atoms with Crippen LogP contribution in [0.25, 0.3) is 0 Å². The van der Waals surface area contributed by atoms with E-state index in [0.29, 0.717) is 44.8 Å². The second-order valence-corrected chi connectivity index (χ2v) is 6.16. The first-order valence-electron chi connectivity index (χ1n) is 7.65. The lowest BCUT2D eigenvalue weighted by atomic mass is 10.2. The Hall–Kier alpha value is -1.56. The molecule has 1 aliphatic heterocycles. The minimum atomic E-state index is 0.0300. The molecule has 1 fully saturated rings. The third-order valence-electron chi connectivity index (χ3n) is 3.96. The Morgan fingerprint density at radius 3 is 2.00 bits per heavy atom. The lowest BCUT2D eigenvalue weighted by molar-refractivity contribution is 0.0641. The van der Waals surface area contributed by atoms with E-state index in [2.05, 4.69) is 15.9 Å². The van der Waals surface area contributed by atoms with Crippen LogP contribution in [0.2, 0.25) is 0 Å². The van der Waals surface area contributed by atoms with Crippen molar-refractivity contribution in [2.75, 3.05) is 39.3 Å². The highest BCUT2D eigenvalue weighted by atomic mass is 79.9. The Morgan fingerprint density at radius 1 is 1.00 bits per heavy atom. The summed E-state index contributed by atoms with van der Waals surface area (Å²) in [6, 6.07) is 7.45. The Balaban J connectivity index is 1.93. The van der Waals surface area contributed by atoms with Gasteiger partial charge in [0.1, 0.15) is 0 Å². The number of hydrogen-bond donors (Lipinski definition) is 0. The average molecular weight is 368 g/mol. The van der Waals surface area contributed by atoms with E-state index in [1.165, 1.54) is 0 Å². The Kier molecular flexibility index (Phi) is 5.83. The molecule has 1 heterocycles. The molecule has 1 aromatic carbocycles. The summed E-state index contributed by atoms with van der Waals surface area (Å²) < 4.78 is 0.957. The third-order valence-corrected chi connectivity index (χ3v) is 4.49. The maximum atomic E-state index is 12.4. The molecule has 0 atom stereocenters. The zero-order valence-corrected chi connectivity index (χ0v) is 14.7. The standard InChI is InChI=1S/C16H22BrN3O2/c1-3-18(4-2)16(22)20-11-9-19(10-12-20)15(21)13-5-7-14(17)8-6-13/h5-8H,3-4,9-12H2,1-2H3. The maximum absolute atomic E-state index is 12.4. The summed E-state index contributed by atoms with van der Waals surface area (Å²) in [5.74, 6) is 0.0300. The van der Waals surface area contributed by atoms with Crippen LogP contribution in [0.1, 0.15) is 24.2 Å². The van der Waals surface area contributed by atoms with E-state index in [-0.39, 0.29) is 11.9 Å². The molecular weight excluding hydrogens is 346 g/mol. The topological polar surface area (TPSA) is 43.9 Å². The van der Waals surface area contributed by atoms with Gasteiger partial charge in [0.25, 0.3) is 5.91 Å². The van der Waals surface area contributed by atoms with Crippen LogP contribution in [0.4, 0.5) is 4.79 Å². The fourth-order valence-electron chi connectivity index (χ4n) is 2.57. The average Bonchev–Trinajstić information content (AvgIpc) is 2.56. The predicted octanol–water partition coefficient (Wildman–Crippen LogP) is 2.67. The van der Waals surface area contributed by atoms with E-state index in [4.69, 9.17) is 0 Å². The van der Waals surface area contributed by atoms with Gasteiger partial charge in [0.2, 0.25) is 0 Å². The minimum Gasteiger partial charge on any atom is -0.335 e. The lowest BCUT2D eigenvalue weighted by Crippen LogP contribution is -2.54. The summed E-state index contributed by atoms with van der Waals surface area (Å²) >= 11 is 3.37. The fourth-order valence-corrected chi connectivity index (χ4v) is 2.83. The summed E-state index contributed by atoms with van der Waals surface area (Å²) in [5.41, 5.74) is 0.687. The van der Waals surface area contributed by atoms with Crippen molar-refractivity contribution in [3.05, 3.63) is 34.3 Å². The van der Waals surface area contributed by atoms with Crippen LogP contribution >= 0.6 is 15.9 Å². The molecule has 0 radical (unpaired) electrons. The SMILES string of the molecule is CCN(CC)C(=O)N1CCN(C(=O)c2ccc(Br)cc2)CC1. The number of nitrogens with zero attached hydrogens (tertiary/aromatic N) is 3. The van der Waals surface area contributed by atoms with Crippen LogP contribution in [0.15, 0.2) is 28.7 Å². The summed E-state index contributed by atoms with van der Waals surface area (Å²) in [6.07, 6.45) is 0. The number of halogens is 1. The van der Waals surface area contributed by atoms with Crippen LogP contribution in [0.5, 0.6) is 0 Å². The molecule has 0 unspecified atom stereocenters. The molecule has 1 aliphatic rings. The molecular formula is C16H22BrN3O2. The maximum Gasteiger partial charge on any atom is 0.320 e. The first-order chi connectivity index (χ1) is 10.6. The van der Waals surface area contributed by atoms with E-state index in [1.807, 2.05) is 52.8 Å². The zero-order valence-electron chi connectivity index (χ0n) is 13.1. The van der Waals surface area contributed by atoms with Crippen molar-refractivity contribution < 1.29 is 9.59 Å². The van der Waals surface area contributed by atoms with Crippen molar-refractivity contribution in [3.63, 3.8) is 0 Å². The number of hydrogen-bond acceptors (Lipinski definition) is 2. The van der Waals surface area contributed by atoms with E-state index < -0.39 is 0 Å². The minimum absolute atomic E-state index is 0.0300. The van der Waals surface area contributed by atoms with Gasteiger partial charge in [-0.05, 0) is 38.1 Å². The highest BCUT2D eigenvalue weighted by Gasteiger charge is 2.26. The van der Waals surface area contributed by atoms with Gasteiger partial charge in [-0.3, -0.25) is 4.79 Å². The number of piperazine rings is 1. The summed E-state index contributed by atoms with van der Waals surface area (Å²) in [4.78, 5) is 30.2. The summed E-state index contributed by atoms with van der Waals surface area (Å²) in [5, 5.41) is 0. The molecule has 0 spiro atoms.